The third-order valence-electron chi connectivity index (χ3n) is 6.26. The van der Waals surface area contributed by atoms with Crippen molar-refractivity contribution in [2.75, 3.05) is 19.4 Å². The second-order valence-electron chi connectivity index (χ2n) is 10.1. The summed E-state index contributed by atoms with van der Waals surface area (Å²) in [6, 6.07) is 20.8. The summed E-state index contributed by atoms with van der Waals surface area (Å²) in [5.41, 5.74) is 5.85. The van der Waals surface area contributed by atoms with Crippen molar-refractivity contribution in [2.45, 2.75) is 51.3 Å². The molecule has 37 heavy (non-hydrogen) atoms. The number of nitriles is 1. The van der Waals surface area contributed by atoms with Crippen molar-refractivity contribution >= 4 is 22.7 Å². The second-order valence-corrected chi connectivity index (χ2v) is 11.1. The highest BCUT2D eigenvalue weighted by atomic mass is 32.2. The van der Waals surface area contributed by atoms with E-state index in [0.717, 1.165) is 34.4 Å². The van der Waals surface area contributed by atoms with Crippen molar-refractivity contribution < 1.29 is 13.6 Å². The van der Waals surface area contributed by atoms with E-state index in [0.29, 0.717) is 16.8 Å². The van der Waals surface area contributed by atoms with E-state index in [9.17, 15) is 18.8 Å². The zero-order valence-corrected chi connectivity index (χ0v) is 23.1. The summed E-state index contributed by atoms with van der Waals surface area (Å²) in [4.78, 5) is 15.5. The van der Waals surface area contributed by atoms with Crippen molar-refractivity contribution in [3.05, 3.63) is 88.5 Å². The van der Waals surface area contributed by atoms with Crippen LogP contribution in [0.2, 0.25) is 0 Å². The molecule has 0 heterocycles. The first-order chi connectivity index (χ1) is 17.5. The predicted octanol–water partition coefficient (Wildman–Crippen LogP) is 6.09. The molecule has 3 aromatic carbocycles. The molecule has 194 valence electrons. The SMILES string of the molecule is CC(C)c1cc(-c2ccccc2C#N)cc(C(C)C)c1C(C(=O)Nc1ccc(CN(C)C)cc1)S(=O)[O-]. The lowest BCUT2D eigenvalue weighted by Crippen LogP contribution is -2.27. The normalized spacial score (nSPS) is 13.0. The summed E-state index contributed by atoms with van der Waals surface area (Å²) in [6.45, 7) is 8.69. The fourth-order valence-corrected chi connectivity index (χ4v) is 5.22. The van der Waals surface area contributed by atoms with Gasteiger partial charge in [-0.3, -0.25) is 9.00 Å². The fraction of sp³-hybridized carbons (Fsp3) is 0.333. The number of amides is 1. The van der Waals surface area contributed by atoms with Crippen LogP contribution in [0.1, 0.15) is 72.6 Å². The molecule has 0 aliphatic heterocycles. The molecule has 0 aliphatic carbocycles. The third-order valence-corrected chi connectivity index (χ3v) is 7.09. The van der Waals surface area contributed by atoms with E-state index < -0.39 is 22.2 Å². The van der Waals surface area contributed by atoms with Gasteiger partial charge < -0.3 is 14.8 Å². The first-order valence-electron chi connectivity index (χ1n) is 12.3. The van der Waals surface area contributed by atoms with Gasteiger partial charge in [0.2, 0.25) is 5.91 Å². The van der Waals surface area contributed by atoms with Gasteiger partial charge in [0.25, 0.3) is 0 Å². The molecular formula is C30H34N3O3S-. The van der Waals surface area contributed by atoms with Crippen LogP contribution in [0.15, 0.2) is 60.7 Å². The van der Waals surface area contributed by atoms with Crippen LogP contribution in [0.3, 0.4) is 0 Å². The molecule has 1 amide bonds. The van der Waals surface area contributed by atoms with Gasteiger partial charge in [-0.05, 0) is 88.6 Å². The van der Waals surface area contributed by atoms with Gasteiger partial charge >= 0.3 is 0 Å². The molecule has 2 atom stereocenters. The van der Waals surface area contributed by atoms with E-state index in [-0.39, 0.29) is 11.8 Å². The number of rotatable bonds is 9. The van der Waals surface area contributed by atoms with Crippen LogP contribution in [0, 0.1) is 11.3 Å². The lowest BCUT2D eigenvalue weighted by molar-refractivity contribution is -0.116. The van der Waals surface area contributed by atoms with Crippen molar-refractivity contribution in [3.63, 3.8) is 0 Å². The highest BCUT2D eigenvalue weighted by Gasteiger charge is 2.30. The monoisotopic (exact) mass is 516 g/mol. The molecule has 6 nitrogen and oxygen atoms in total. The minimum atomic E-state index is -2.70. The summed E-state index contributed by atoms with van der Waals surface area (Å²) < 4.78 is 25.2. The molecule has 0 fully saturated rings. The quantitative estimate of drug-likeness (QED) is 0.347. The first-order valence-corrected chi connectivity index (χ1v) is 13.5. The van der Waals surface area contributed by atoms with Crippen molar-refractivity contribution in [2.24, 2.45) is 0 Å². The van der Waals surface area contributed by atoms with E-state index in [4.69, 9.17) is 0 Å². The van der Waals surface area contributed by atoms with Gasteiger partial charge in [0.1, 0.15) is 5.25 Å². The smallest absolute Gasteiger partial charge is 0.243 e. The highest BCUT2D eigenvalue weighted by molar-refractivity contribution is 7.80. The topological polar surface area (TPSA) is 96.3 Å². The van der Waals surface area contributed by atoms with Crippen LogP contribution < -0.4 is 5.32 Å². The zero-order chi connectivity index (χ0) is 27.3. The van der Waals surface area contributed by atoms with Gasteiger partial charge in [-0.1, -0.05) is 70.2 Å². The molecule has 7 heteroatoms. The number of carbonyl (C=O) groups is 1. The second kappa shape index (κ2) is 12.3. The lowest BCUT2D eigenvalue weighted by Gasteiger charge is -2.29. The number of nitrogens with one attached hydrogen (secondary N) is 1. The Labute approximate surface area is 222 Å². The van der Waals surface area contributed by atoms with Crippen LogP contribution in [0.4, 0.5) is 5.69 Å². The molecule has 0 aliphatic rings. The van der Waals surface area contributed by atoms with E-state index in [1.165, 1.54) is 0 Å². The van der Waals surface area contributed by atoms with Crippen LogP contribution in [-0.2, 0) is 22.4 Å². The summed E-state index contributed by atoms with van der Waals surface area (Å²) in [5, 5.41) is 11.1. The van der Waals surface area contributed by atoms with Gasteiger partial charge in [-0.2, -0.15) is 5.26 Å². The van der Waals surface area contributed by atoms with E-state index in [1.54, 1.807) is 18.2 Å². The van der Waals surface area contributed by atoms with Gasteiger partial charge in [0, 0.05) is 12.2 Å². The van der Waals surface area contributed by atoms with Crippen molar-refractivity contribution in [3.8, 4) is 17.2 Å². The number of hydrogen-bond acceptors (Lipinski definition) is 5. The molecule has 0 aromatic heterocycles. The van der Waals surface area contributed by atoms with Crippen LogP contribution >= 0.6 is 0 Å². The van der Waals surface area contributed by atoms with E-state index >= 15 is 0 Å². The van der Waals surface area contributed by atoms with Crippen molar-refractivity contribution in [1.29, 1.82) is 5.26 Å². The Bertz CT molecular complexity index is 1300. The van der Waals surface area contributed by atoms with Crippen LogP contribution in [0.5, 0.6) is 0 Å². The minimum Gasteiger partial charge on any atom is -0.771 e. The standard InChI is InChI=1S/C30H35N3O3S/c1-19(2)26-15-23(25-10-8-7-9-22(25)17-31)16-27(20(3)4)28(26)29(37(35)36)30(34)32-24-13-11-21(12-14-24)18-33(5)6/h7-16,19-20,29H,18H2,1-6H3,(H,32,34)(H,35,36)/p-1. The van der Waals surface area contributed by atoms with Gasteiger partial charge in [0.05, 0.1) is 11.6 Å². The molecule has 3 rings (SSSR count). The minimum absolute atomic E-state index is 0.0501. The maximum Gasteiger partial charge on any atom is 0.243 e. The average Bonchev–Trinajstić information content (AvgIpc) is 2.84. The number of nitrogens with zero attached hydrogens (tertiary/aromatic N) is 2. The summed E-state index contributed by atoms with van der Waals surface area (Å²) in [7, 11) is 3.96. The van der Waals surface area contributed by atoms with Crippen molar-refractivity contribution in [1.82, 2.24) is 4.90 Å². The first kappa shape index (κ1) is 28.3. The number of anilines is 1. The van der Waals surface area contributed by atoms with Gasteiger partial charge in [-0.25, -0.2) is 0 Å². The molecule has 1 N–H and O–H groups in total. The van der Waals surface area contributed by atoms with E-state index in [1.807, 2.05) is 89.2 Å². The molecule has 0 bridgehead atoms. The maximum atomic E-state index is 13.5. The Morgan fingerprint density at radius 2 is 1.57 bits per heavy atom. The fourth-order valence-electron chi connectivity index (χ4n) is 4.53. The number of carbonyl (C=O) groups excluding carboxylic acids is 1. The summed E-state index contributed by atoms with van der Waals surface area (Å²) in [6.07, 6.45) is 0. The Morgan fingerprint density at radius 1 is 1.00 bits per heavy atom. The average molecular weight is 517 g/mol. The predicted molar refractivity (Wildman–Crippen MR) is 149 cm³/mol. The molecule has 0 saturated heterocycles. The Balaban J connectivity index is 2.11. The molecule has 2 unspecified atom stereocenters. The molecule has 0 saturated carbocycles. The molecule has 0 spiro atoms. The van der Waals surface area contributed by atoms with Crippen LogP contribution in [-0.4, -0.2) is 33.7 Å². The lowest BCUT2D eigenvalue weighted by atomic mass is 9.83. The molecular weight excluding hydrogens is 482 g/mol. The van der Waals surface area contributed by atoms with Crippen LogP contribution in [0.25, 0.3) is 11.1 Å². The molecule has 3 aromatic rings. The Morgan fingerprint density at radius 3 is 2.05 bits per heavy atom. The third kappa shape index (κ3) is 6.72. The Kier molecular flexibility index (Phi) is 9.39. The number of benzene rings is 3. The Hall–Kier alpha value is -3.31. The summed E-state index contributed by atoms with van der Waals surface area (Å²) in [5.74, 6) is -0.695. The zero-order valence-electron chi connectivity index (χ0n) is 22.2. The van der Waals surface area contributed by atoms with Gasteiger partial charge in [-0.15, -0.1) is 0 Å². The highest BCUT2D eigenvalue weighted by Crippen LogP contribution is 2.39. The summed E-state index contributed by atoms with van der Waals surface area (Å²) >= 11 is -2.70. The largest absolute Gasteiger partial charge is 0.771 e. The number of hydrogen-bond donors (Lipinski definition) is 1. The van der Waals surface area contributed by atoms with Gasteiger partial charge in [0.15, 0.2) is 0 Å². The molecule has 0 radical (unpaired) electrons. The maximum absolute atomic E-state index is 13.5. The van der Waals surface area contributed by atoms with E-state index in [2.05, 4.69) is 11.4 Å².